The lowest BCUT2D eigenvalue weighted by Gasteiger charge is -2.37. The highest BCUT2D eigenvalue weighted by molar-refractivity contribution is 7.15. The lowest BCUT2D eigenvalue weighted by molar-refractivity contribution is -0.118. The molecule has 0 radical (unpaired) electrons. The van der Waals surface area contributed by atoms with E-state index in [1.807, 2.05) is 6.92 Å². The van der Waals surface area contributed by atoms with Gasteiger partial charge in [-0.25, -0.2) is 4.98 Å². The van der Waals surface area contributed by atoms with Crippen molar-refractivity contribution in [1.82, 2.24) is 9.88 Å². The zero-order valence-corrected chi connectivity index (χ0v) is 13.3. The van der Waals surface area contributed by atoms with E-state index in [0.29, 0.717) is 6.54 Å². The van der Waals surface area contributed by atoms with E-state index in [2.05, 4.69) is 15.2 Å². The predicted molar refractivity (Wildman–Crippen MR) is 83.7 cm³/mol. The minimum atomic E-state index is -0.525. The summed E-state index contributed by atoms with van der Waals surface area (Å²) in [5, 5.41) is 13.9. The number of carbonyl (C=O) groups excluding carboxylic acids is 1. The fourth-order valence-electron chi connectivity index (χ4n) is 3.09. The quantitative estimate of drug-likeness (QED) is 0.890. The van der Waals surface area contributed by atoms with Crippen LogP contribution < -0.4 is 5.32 Å². The number of aromatic nitrogens is 1. The number of carbonyl (C=O) groups is 1. The molecule has 1 amide bonds. The number of thiazole rings is 1. The normalized spacial score (nSPS) is 21.2. The van der Waals surface area contributed by atoms with Crippen LogP contribution in [0.3, 0.4) is 0 Å². The van der Waals surface area contributed by atoms with E-state index in [9.17, 15) is 9.90 Å². The molecule has 0 aromatic carbocycles. The number of nitrogens with one attached hydrogen (secondary N) is 1. The van der Waals surface area contributed by atoms with Gasteiger partial charge >= 0.3 is 0 Å². The number of likely N-dealkylation sites (tertiary alicyclic amines) is 1. The maximum absolute atomic E-state index is 12.1. The van der Waals surface area contributed by atoms with E-state index >= 15 is 0 Å². The van der Waals surface area contributed by atoms with Crippen LogP contribution in [0.25, 0.3) is 0 Å². The summed E-state index contributed by atoms with van der Waals surface area (Å²) in [7, 11) is 0. The van der Waals surface area contributed by atoms with E-state index in [-0.39, 0.29) is 5.91 Å². The number of aliphatic hydroxyl groups is 1. The molecular formula is C15H23N3O2S. The topological polar surface area (TPSA) is 65.5 Å². The second-order valence-corrected chi connectivity index (χ2v) is 7.23. The lowest BCUT2D eigenvalue weighted by atomic mass is 9.89. The predicted octanol–water partition coefficient (Wildman–Crippen LogP) is 1.81. The Hall–Kier alpha value is -0.980. The van der Waals surface area contributed by atoms with E-state index in [4.69, 9.17) is 0 Å². The number of piperidine rings is 1. The Morgan fingerprint density at radius 3 is 2.86 bits per heavy atom. The van der Waals surface area contributed by atoms with Crippen LogP contribution in [0.2, 0.25) is 0 Å². The van der Waals surface area contributed by atoms with Crippen LogP contribution in [0.15, 0.2) is 0 Å². The first-order chi connectivity index (χ1) is 10.1. The summed E-state index contributed by atoms with van der Waals surface area (Å²) in [6, 6.07) is 0. The molecular weight excluding hydrogens is 286 g/mol. The standard InChI is InChI=1S/C15H23N3O2S/c1-2-15(20)6-8-18(9-7-15)10-13(19)17-14-16-11-4-3-5-12(11)21-14/h20H,2-10H2,1H3,(H,16,17,19). The molecule has 2 aliphatic rings. The fourth-order valence-corrected chi connectivity index (χ4v) is 4.15. The highest BCUT2D eigenvalue weighted by Crippen LogP contribution is 2.30. The molecule has 5 nitrogen and oxygen atoms in total. The summed E-state index contributed by atoms with van der Waals surface area (Å²) in [6.45, 7) is 3.98. The number of rotatable bonds is 4. The highest BCUT2D eigenvalue weighted by Gasteiger charge is 2.31. The molecule has 1 aliphatic heterocycles. The van der Waals surface area contributed by atoms with Gasteiger partial charge in [0.15, 0.2) is 5.13 Å². The largest absolute Gasteiger partial charge is 0.390 e. The maximum Gasteiger partial charge on any atom is 0.240 e. The average Bonchev–Trinajstić information content (AvgIpc) is 3.02. The van der Waals surface area contributed by atoms with Crippen molar-refractivity contribution in [3.8, 4) is 0 Å². The van der Waals surface area contributed by atoms with E-state index in [0.717, 1.165) is 50.3 Å². The number of aryl methyl sites for hydroxylation is 2. The summed E-state index contributed by atoms with van der Waals surface area (Å²) in [5.41, 5.74) is 0.643. The molecule has 1 fully saturated rings. The molecule has 6 heteroatoms. The van der Waals surface area contributed by atoms with Crippen molar-refractivity contribution in [1.29, 1.82) is 0 Å². The molecule has 0 bridgehead atoms. The van der Waals surface area contributed by atoms with Gasteiger partial charge in [-0.15, -0.1) is 11.3 Å². The van der Waals surface area contributed by atoms with Crippen molar-refractivity contribution in [2.24, 2.45) is 0 Å². The van der Waals surface area contributed by atoms with Gasteiger partial charge in [-0.2, -0.15) is 0 Å². The molecule has 1 aliphatic carbocycles. The van der Waals surface area contributed by atoms with Crippen LogP contribution in [0.5, 0.6) is 0 Å². The Labute approximate surface area is 129 Å². The minimum Gasteiger partial charge on any atom is -0.390 e. The molecule has 2 N–H and O–H groups in total. The molecule has 1 saturated heterocycles. The van der Waals surface area contributed by atoms with Crippen LogP contribution >= 0.6 is 11.3 Å². The fraction of sp³-hybridized carbons (Fsp3) is 0.733. The Morgan fingerprint density at radius 1 is 1.43 bits per heavy atom. The van der Waals surface area contributed by atoms with Gasteiger partial charge in [0.25, 0.3) is 0 Å². The van der Waals surface area contributed by atoms with E-state index in [1.165, 1.54) is 17.0 Å². The Morgan fingerprint density at radius 2 is 2.19 bits per heavy atom. The molecule has 1 aromatic rings. The third kappa shape index (κ3) is 3.44. The van der Waals surface area contributed by atoms with Gasteiger partial charge in [-0.3, -0.25) is 9.69 Å². The number of fused-ring (bicyclic) bond motifs is 1. The summed E-state index contributed by atoms with van der Waals surface area (Å²) < 4.78 is 0. The monoisotopic (exact) mass is 309 g/mol. The minimum absolute atomic E-state index is 0.00404. The van der Waals surface area contributed by atoms with Crippen molar-refractivity contribution >= 4 is 22.4 Å². The van der Waals surface area contributed by atoms with Gasteiger partial charge in [0, 0.05) is 18.0 Å². The molecule has 0 atom stereocenters. The summed E-state index contributed by atoms with van der Waals surface area (Å²) in [4.78, 5) is 20.0. The second-order valence-electron chi connectivity index (χ2n) is 6.14. The van der Waals surface area contributed by atoms with E-state index < -0.39 is 5.60 Å². The molecule has 2 heterocycles. The van der Waals surface area contributed by atoms with Gasteiger partial charge < -0.3 is 10.4 Å². The molecule has 1 aromatic heterocycles. The number of nitrogens with zero attached hydrogens (tertiary/aromatic N) is 2. The smallest absolute Gasteiger partial charge is 0.240 e. The van der Waals surface area contributed by atoms with Crippen molar-refractivity contribution in [3.63, 3.8) is 0 Å². The van der Waals surface area contributed by atoms with Crippen LogP contribution in [-0.2, 0) is 17.6 Å². The first kappa shape index (κ1) is 14.9. The van der Waals surface area contributed by atoms with Crippen molar-refractivity contribution in [2.45, 2.75) is 51.0 Å². The van der Waals surface area contributed by atoms with Gasteiger partial charge in [0.1, 0.15) is 0 Å². The second kappa shape index (κ2) is 6.02. The average molecular weight is 309 g/mol. The van der Waals surface area contributed by atoms with Gasteiger partial charge in [0.05, 0.1) is 17.8 Å². The van der Waals surface area contributed by atoms with E-state index in [1.54, 1.807) is 11.3 Å². The summed E-state index contributed by atoms with van der Waals surface area (Å²) in [5.74, 6) is 0.00404. The van der Waals surface area contributed by atoms with Crippen LogP contribution in [-0.4, -0.2) is 46.1 Å². The number of hydrogen-bond donors (Lipinski definition) is 2. The van der Waals surface area contributed by atoms with Crippen molar-refractivity contribution < 1.29 is 9.90 Å². The summed E-state index contributed by atoms with van der Waals surface area (Å²) >= 11 is 1.61. The Bertz CT molecular complexity index is 499. The third-order valence-electron chi connectivity index (χ3n) is 4.65. The lowest BCUT2D eigenvalue weighted by Crippen LogP contribution is -2.46. The summed E-state index contributed by atoms with van der Waals surface area (Å²) in [6.07, 6.45) is 5.63. The highest BCUT2D eigenvalue weighted by atomic mass is 32.1. The Balaban J connectivity index is 1.48. The first-order valence-corrected chi connectivity index (χ1v) is 8.63. The molecule has 0 saturated carbocycles. The molecule has 0 unspecified atom stereocenters. The number of hydrogen-bond acceptors (Lipinski definition) is 5. The zero-order valence-electron chi connectivity index (χ0n) is 12.5. The van der Waals surface area contributed by atoms with Crippen molar-refractivity contribution in [2.75, 3.05) is 25.0 Å². The van der Waals surface area contributed by atoms with Crippen LogP contribution in [0.1, 0.15) is 43.2 Å². The Kier molecular flexibility index (Phi) is 4.28. The molecule has 3 rings (SSSR count). The van der Waals surface area contributed by atoms with Gasteiger partial charge in [0.2, 0.25) is 5.91 Å². The van der Waals surface area contributed by atoms with Gasteiger partial charge in [-0.1, -0.05) is 6.92 Å². The SMILES string of the molecule is CCC1(O)CCN(CC(=O)Nc2nc3c(s2)CCC3)CC1. The molecule has 116 valence electrons. The van der Waals surface area contributed by atoms with Crippen LogP contribution in [0.4, 0.5) is 5.13 Å². The molecule has 21 heavy (non-hydrogen) atoms. The number of anilines is 1. The first-order valence-electron chi connectivity index (χ1n) is 7.81. The van der Waals surface area contributed by atoms with Gasteiger partial charge in [-0.05, 0) is 38.5 Å². The zero-order chi connectivity index (χ0) is 14.9. The van der Waals surface area contributed by atoms with Crippen molar-refractivity contribution in [3.05, 3.63) is 10.6 Å². The third-order valence-corrected chi connectivity index (χ3v) is 5.73. The number of amides is 1. The van der Waals surface area contributed by atoms with Crippen LogP contribution in [0, 0.1) is 0 Å². The maximum atomic E-state index is 12.1. The molecule has 0 spiro atoms.